The minimum atomic E-state index is 0.984. The molecule has 1 heterocycles. The largest absolute Gasteiger partial charge is 0.346 e. The van der Waals surface area contributed by atoms with Gasteiger partial charge in [-0.2, -0.15) is 0 Å². The van der Waals surface area contributed by atoms with Crippen molar-refractivity contribution in [1.82, 2.24) is 9.97 Å². The van der Waals surface area contributed by atoms with Crippen molar-refractivity contribution < 1.29 is 0 Å². The van der Waals surface area contributed by atoms with Gasteiger partial charge >= 0.3 is 0 Å². The number of H-pyrrole nitrogens is 1. The van der Waals surface area contributed by atoms with Gasteiger partial charge in [0.05, 0.1) is 0 Å². The Labute approximate surface area is 69.2 Å². The van der Waals surface area contributed by atoms with Crippen LogP contribution in [-0.4, -0.2) is 14.9 Å². The van der Waals surface area contributed by atoms with Crippen molar-refractivity contribution in [3.8, 4) is 0 Å². The summed E-state index contributed by atoms with van der Waals surface area (Å²) in [5.41, 5.74) is 1.12. The van der Waals surface area contributed by atoms with Crippen molar-refractivity contribution in [2.24, 2.45) is 0 Å². The average Bonchev–Trinajstić information content (AvgIpc) is 2.20. The summed E-state index contributed by atoms with van der Waals surface area (Å²) in [6.45, 7) is 3.92. The number of nitrogens with one attached hydrogen (secondary N) is 1. The number of aromatic amines is 1. The lowest BCUT2D eigenvalue weighted by Gasteiger charge is -1.74. The van der Waals surface area contributed by atoms with Gasteiger partial charge in [-0.15, -0.1) is 0 Å². The molecule has 0 atom stereocenters. The molecule has 0 saturated heterocycles. The lowest BCUT2D eigenvalue weighted by Crippen LogP contribution is -1.70. The fourth-order valence-electron chi connectivity index (χ4n) is 0.544. The Morgan fingerprint density at radius 3 is 2.11 bits per heavy atom. The Morgan fingerprint density at radius 2 is 2.00 bits per heavy atom. The second kappa shape index (κ2) is 4.78. The molecule has 0 radical (unpaired) electrons. The predicted molar refractivity (Wildman–Crippen MR) is 48.0 cm³/mol. The predicted octanol–water partition coefficient (Wildman–Crippen LogP) is 2.08. The molecule has 0 saturated carbocycles. The number of alkyl halides is 1. The maximum atomic E-state index is 3.96. The van der Waals surface area contributed by atoms with E-state index in [1.807, 2.05) is 25.0 Å². The number of hydrogen-bond donors (Lipinski definition) is 1. The Balaban J connectivity index is 0.000000291. The third kappa shape index (κ3) is 3.51. The van der Waals surface area contributed by atoms with E-state index in [0.29, 0.717) is 0 Å². The molecule has 1 rings (SSSR count). The summed E-state index contributed by atoms with van der Waals surface area (Å²) in [6.07, 6.45) is 1.81. The quantitative estimate of drug-likeness (QED) is 0.544. The standard InChI is InChI=1S/C5H8N2.CH3I/c1-4-3-6-5(2)7-4;1-2/h3H,1-2H3,(H,6,7);1H3. The van der Waals surface area contributed by atoms with Gasteiger partial charge in [-0.05, 0) is 18.8 Å². The molecule has 3 heteroatoms. The Hall–Kier alpha value is -0.0600. The van der Waals surface area contributed by atoms with Crippen molar-refractivity contribution in [2.75, 3.05) is 4.93 Å². The minimum absolute atomic E-state index is 0.984. The molecular formula is C6H11IN2. The highest BCUT2D eigenvalue weighted by Gasteiger charge is 1.83. The van der Waals surface area contributed by atoms with Gasteiger partial charge in [0.25, 0.3) is 0 Å². The molecule has 1 aromatic rings. The van der Waals surface area contributed by atoms with Crippen LogP contribution in [0.4, 0.5) is 0 Å². The molecular weight excluding hydrogens is 227 g/mol. The highest BCUT2D eigenvalue weighted by molar-refractivity contribution is 14.1. The molecule has 0 aliphatic heterocycles. The van der Waals surface area contributed by atoms with Crippen LogP contribution in [0.5, 0.6) is 0 Å². The number of nitrogens with zero attached hydrogens (tertiary/aromatic N) is 1. The van der Waals surface area contributed by atoms with Crippen LogP contribution >= 0.6 is 22.6 Å². The van der Waals surface area contributed by atoms with Gasteiger partial charge in [-0.1, -0.05) is 22.6 Å². The van der Waals surface area contributed by atoms with Crippen LogP contribution in [-0.2, 0) is 0 Å². The Morgan fingerprint density at radius 1 is 1.44 bits per heavy atom. The second-order valence-electron chi connectivity index (χ2n) is 1.65. The van der Waals surface area contributed by atoms with Gasteiger partial charge in [0.15, 0.2) is 0 Å². The number of halogens is 1. The molecule has 0 amide bonds. The third-order valence-electron chi connectivity index (χ3n) is 0.830. The van der Waals surface area contributed by atoms with E-state index in [9.17, 15) is 0 Å². The zero-order chi connectivity index (χ0) is 7.28. The first-order chi connectivity index (χ1) is 4.29. The van der Waals surface area contributed by atoms with Crippen LogP contribution in [0.25, 0.3) is 0 Å². The summed E-state index contributed by atoms with van der Waals surface area (Å²) in [6, 6.07) is 0. The summed E-state index contributed by atoms with van der Waals surface area (Å²) >= 11 is 2.15. The first-order valence-electron chi connectivity index (χ1n) is 2.65. The number of rotatable bonds is 0. The van der Waals surface area contributed by atoms with Gasteiger partial charge in [-0.3, -0.25) is 0 Å². The summed E-state index contributed by atoms with van der Waals surface area (Å²) in [5, 5.41) is 0. The molecule has 1 aromatic heterocycles. The summed E-state index contributed by atoms with van der Waals surface area (Å²) in [4.78, 5) is 8.96. The van der Waals surface area contributed by atoms with Crippen LogP contribution in [0.15, 0.2) is 6.20 Å². The molecule has 0 aromatic carbocycles. The van der Waals surface area contributed by atoms with Crippen molar-refractivity contribution in [1.29, 1.82) is 0 Å². The normalized spacial score (nSPS) is 8.00. The monoisotopic (exact) mass is 238 g/mol. The van der Waals surface area contributed by atoms with Gasteiger partial charge in [-0.25, -0.2) is 4.98 Å². The molecule has 1 N–H and O–H groups in total. The van der Waals surface area contributed by atoms with E-state index in [4.69, 9.17) is 0 Å². The van der Waals surface area contributed by atoms with Crippen LogP contribution in [0, 0.1) is 13.8 Å². The van der Waals surface area contributed by atoms with Crippen LogP contribution in [0.2, 0.25) is 0 Å². The topological polar surface area (TPSA) is 28.7 Å². The maximum absolute atomic E-state index is 3.96. The molecule has 0 aliphatic carbocycles. The fraction of sp³-hybridized carbons (Fsp3) is 0.500. The highest BCUT2D eigenvalue weighted by atomic mass is 127. The number of hydrogen-bond acceptors (Lipinski definition) is 1. The summed E-state index contributed by atoms with van der Waals surface area (Å²) < 4.78 is 0. The molecule has 0 fully saturated rings. The van der Waals surface area contributed by atoms with Crippen molar-refractivity contribution in [3.05, 3.63) is 17.7 Å². The number of aryl methyl sites for hydroxylation is 2. The van der Waals surface area contributed by atoms with E-state index >= 15 is 0 Å². The van der Waals surface area contributed by atoms with Crippen LogP contribution in [0.3, 0.4) is 0 Å². The molecule has 0 aliphatic rings. The number of aromatic nitrogens is 2. The van der Waals surface area contributed by atoms with Crippen LogP contribution in [0.1, 0.15) is 11.5 Å². The molecule has 0 unspecified atom stereocenters. The van der Waals surface area contributed by atoms with Crippen molar-refractivity contribution >= 4 is 22.6 Å². The zero-order valence-corrected chi connectivity index (χ0v) is 8.06. The van der Waals surface area contributed by atoms with Gasteiger partial charge in [0.1, 0.15) is 5.82 Å². The van der Waals surface area contributed by atoms with E-state index in [1.54, 1.807) is 0 Å². The van der Waals surface area contributed by atoms with E-state index in [0.717, 1.165) is 11.5 Å². The highest BCUT2D eigenvalue weighted by Crippen LogP contribution is 1.89. The Bertz CT molecular complexity index is 143. The molecule has 0 bridgehead atoms. The molecule has 9 heavy (non-hydrogen) atoms. The van der Waals surface area contributed by atoms with Gasteiger partial charge in [0.2, 0.25) is 0 Å². The second-order valence-corrected chi connectivity index (χ2v) is 1.65. The lowest BCUT2D eigenvalue weighted by atomic mass is 10.6. The van der Waals surface area contributed by atoms with Gasteiger partial charge in [0, 0.05) is 11.9 Å². The average molecular weight is 238 g/mol. The summed E-state index contributed by atoms with van der Waals surface area (Å²) in [5.74, 6) is 0.984. The van der Waals surface area contributed by atoms with Gasteiger partial charge < -0.3 is 4.98 Å². The lowest BCUT2D eigenvalue weighted by molar-refractivity contribution is 1.13. The van der Waals surface area contributed by atoms with E-state index in [2.05, 4.69) is 32.6 Å². The van der Waals surface area contributed by atoms with Crippen molar-refractivity contribution in [2.45, 2.75) is 13.8 Å². The molecule has 2 nitrogen and oxygen atoms in total. The minimum Gasteiger partial charge on any atom is -0.346 e. The SMILES string of the molecule is CI.Cc1cnc(C)[nH]1. The van der Waals surface area contributed by atoms with Crippen LogP contribution < -0.4 is 0 Å². The summed E-state index contributed by atoms with van der Waals surface area (Å²) in [7, 11) is 0. The first kappa shape index (κ1) is 8.94. The fourth-order valence-corrected chi connectivity index (χ4v) is 0.544. The van der Waals surface area contributed by atoms with E-state index in [-0.39, 0.29) is 0 Å². The van der Waals surface area contributed by atoms with Crippen molar-refractivity contribution in [3.63, 3.8) is 0 Å². The Kier molecular flexibility index (Phi) is 4.75. The molecule has 52 valence electrons. The molecule has 0 spiro atoms. The third-order valence-corrected chi connectivity index (χ3v) is 0.830. The smallest absolute Gasteiger partial charge is 0.103 e. The number of imidazole rings is 1. The first-order valence-corrected chi connectivity index (χ1v) is 4.81. The van der Waals surface area contributed by atoms with E-state index in [1.165, 1.54) is 0 Å². The van der Waals surface area contributed by atoms with E-state index < -0.39 is 0 Å². The zero-order valence-electron chi connectivity index (χ0n) is 5.90. The maximum Gasteiger partial charge on any atom is 0.103 e.